The number of aromatic nitrogens is 2. The third-order valence-corrected chi connectivity index (χ3v) is 3.95. The molecule has 130 valence electrons. The van der Waals surface area contributed by atoms with Crippen LogP contribution in [0, 0.1) is 5.82 Å². The van der Waals surface area contributed by atoms with Crippen LogP contribution < -0.4 is 5.32 Å². The molecule has 2 aromatic rings. The van der Waals surface area contributed by atoms with Gasteiger partial charge in [-0.15, -0.1) is 0 Å². The lowest BCUT2D eigenvalue weighted by Gasteiger charge is -2.22. The van der Waals surface area contributed by atoms with Gasteiger partial charge in [0.1, 0.15) is 12.1 Å². The molecule has 1 aromatic heterocycles. The Morgan fingerprint density at radius 1 is 1.04 bits per heavy atom. The van der Waals surface area contributed by atoms with Crippen molar-refractivity contribution in [2.75, 3.05) is 31.5 Å². The van der Waals surface area contributed by atoms with Crippen molar-refractivity contribution in [3.05, 3.63) is 54.4 Å². The summed E-state index contributed by atoms with van der Waals surface area (Å²) in [6, 6.07) is 5.45. The van der Waals surface area contributed by atoms with Crippen LogP contribution in [-0.2, 0) is 0 Å². The molecule has 8 heteroatoms. The predicted molar refractivity (Wildman–Crippen MR) is 89.5 cm³/mol. The molecule has 0 unspecified atom stereocenters. The molecule has 1 aliphatic rings. The second-order valence-electron chi connectivity index (χ2n) is 5.70. The highest BCUT2D eigenvalue weighted by Crippen LogP contribution is 2.12. The summed E-state index contributed by atoms with van der Waals surface area (Å²) >= 11 is 0. The van der Waals surface area contributed by atoms with Crippen LogP contribution in [0.3, 0.4) is 0 Å². The number of amides is 3. The average Bonchev–Trinajstić information content (AvgIpc) is 2.88. The molecule has 1 aromatic carbocycles. The zero-order valence-electron chi connectivity index (χ0n) is 13.6. The summed E-state index contributed by atoms with van der Waals surface area (Å²) in [5.41, 5.74) is 0.837. The molecule has 0 spiro atoms. The van der Waals surface area contributed by atoms with Crippen LogP contribution in [0.15, 0.2) is 43.0 Å². The van der Waals surface area contributed by atoms with Crippen LogP contribution in [0.4, 0.5) is 14.9 Å². The van der Waals surface area contributed by atoms with Gasteiger partial charge in [0.05, 0.1) is 5.56 Å². The maximum absolute atomic E-state index is 13.2. The summed E-state index contributed by atoms with van der Waals surface area (Å²) in [6.45, 7) is 1.90. The van der Waals surface area contributed by atoms with Crippen molar-refractivity contribution in [3.63, 3.8) is 0 Å². The van der Waals surface area contributed by atoms with Gasteiger partial charge in [-0.05, 0) is 24.6 Å². The second-order valence-corrected chi connectivity index (χ2v) is 5.70. The maximum Gasteiger partial charge on any atom is 0.321 e. The van der Waals surface area contributed by atoms with E-state index >= 15 is 0 Å². The van der Waals surface area contributed by atoms with E-state index in [-0.39, 0.29) is 11.9 Å². The lowest BCUT2D eigenvalue weighted by atomic mass is 10.3. The van der Waals surface area contributed by atoms with Crippen molar-refractivity contribution in [1.29, 1.82) is 0 Å². The van der Waals surface area contributed by atoms with E-state index in [1.54, 1.807) is 15.9 Å². The molecule has 1 N–H and O–H groups in total. The monoisotopic (exact) mass is 343 g/mol. The van der Waals surface area contributed by atoms with Gasteiger partial charge in [0.15, 0.2) is 0 Å². The number of hydrogen-bond acceptors (Lipinski definition) is 4. The number of anilines is 1. The predicted octanol–water partition coefficient (Wildman–Crippen LogP) is 2.00. The van der Waals surface area contributed by atoms with E-state index in [4.69, 9.17) is 0 Å². The number of halogens is 1. The highest BCUT2D eigenvalue weighted by atomic mass is 19.1. The molecule has 0 radical (unpaired) electrons. The van der Waals surface area contributed by atoms with Gasteiger partial charge in [-0.2, -0.15) is 0 Å². The molecule has 7 nitrogen and oxygen atoms in total. The van der Waals surface area contributed by atoms with E-state index < -0.39 is 5.82 Å². The molecule has 2 heterocycles. The van der Waals surface area contributed by atoms with Crippen LogP contribution >= 0.6 is 0 Å². The molecule has 0 saturated carbocycles. The molecule has 0 bridgehead atoms. The average molecular weight is 343 g/mol. The zero-order chi connectivity index (χ0) is 17.6. The van der Waals surface area contributed by atoms with Crippen molar-refractivity contribution >= 4 is 17.6 Å². The highest BCUT2D eigenvalue weighted by Gasteiger charge is 2.23. The number of benzene rings is 1. The molecule has 1 aliphatic heterocycles. The smallest absolute Gasteiger partial charge is 0.321 e. The summed E-state index contributed by atoms with van der Waals surface area (Å²) in [6.07, 6.45) is 5.00. The number of carbonyl (C=O) groups excluding carboxylic acids is 2. The van der Waals surface area contributed by atoms with E-state index in [1.807, 2.05) is 0 Å². The summed E-state index contributed by atoms with van der Waals surface area (Å²) in [4.78, 5) is 35.8. The number of nitrogens with one attached hydrogen (secondary N) is 1. The van der Waals surface area contributed by atoms with Crippen molar-refractivity contribution in [2.45, 2.75) is 6.42 Å². The van der Waals surface area contributed by atoms with Gasteiger partial charge >= 0.3 is 6.03 Å². The normalized spacial score (nSPS) is 14.8. The third kappa shape index (κ3) is 4.28. The van der Waals surface area contributed by atoms with Gasteiger partial charge in [-0.3, -0.25) is 4.79 Å². The summed E-state index contributed by atoms with van der Waals surface area (Å²) in [5, 5.41) is 2.68. The first-order valence-electron chi connectivity index (χ1n) is 7.99. The topological polar surface area (TPSA) is 78.4 Å². The minimum atomic E-state index is -0.407. The number of carbonyl (C=O) groups is 2. The Hall–Kier alpha value is -3.03. The van der Waals surface area contributed by atoms with Crippen molar-refractivity contribution < 1.29 is 14.0 Å². The third-order valence-electron chi connectivity index (χ3n) is 3.95. The summed E-state index contributed by atoms with van der Waals surface area (Å²) in [7, 11) is 0. The lowest BCUT2D eigenvalue weighted by molar-refractivity contribution is 0.0762. The molecular formula is C17H18FN5O2. The first kappa shape index (κ1) is 16.8. The van der Waals surface area contributed by atoms with E-state index in [2.05, 4.69) is 15.3 Å². The SMILES string of the molecule is O=C(Nc1cccc(F)c1)N1CCCN(C(=O)c2cncnc2)CC1. The van der Waals surface area contributed by atoms with Crippen molar-refractivity contribution in [3.8, 4) is 0 Å². The van der Waals surface area contributed by atoms with Gasteiger partial charge in [-0.1, -0.05) is 6.07 Å². The molecule has 1 saturated heterocycles. The second kappa shape index (κ2) is 7.69. The van der Waals surface area contributed by atoms with Crippen molar-refractivity contribution in [1.82, 2.24) is 19.8 Å². The molecule has 0 atom stereocenters. The van der Waals surface area contributed by atoms with Crippen LogP contribution in [0.1, 0.15) is 16.8 Å². The zero-order valence-corrected chi connectivity index (χ0v) is 13.6. The van der Waals surface area contributed by atoms with E-state index in [0.717, 1.165) is 0 Å². The van der Waals surface area contributed by atoms with E-state index in [9.17, 15) is 14.0 Å². The Balaban J connectivity index is 1.59. The minimum Gasteiger partial charge on any atom is -0.337 e. The first-order chi connectivity index (χ1) is 12.1. The molecule has 1 fully saturated rings. The standard InChI is InChI=1S/C17H18FN5O2/c18-14-3-1-4-15(9-14)21-17(25)23-6-2-5-22(7-8-23)16(24)13-10-19-12-20-11-13/h1,3-4,9-12H,2,5-8H2,(H,21,25). The largest absolute Gasteiger partial charge is 0.337 e. The lowest BCUT2D eigenvalue weighted by Crippen LogP contribution is -2.39. The fourth-order valence-corrected chi connectivity index (χ4v) is 2.68. The fourth-order valence-electron chi connectivity index (χ4n) is 2.68. The van der Waals surface area contributed by atoms with Gasteiger partial charge in [-0.25, -0.2) is 19.2 Å². The van der Waals surface area contributed by atoms with Crippen molar-refractivity contribution in [2.24, 2.45) is 0 Å². The number of urea groups is 1. The molecule has 3 amide bonds. The van der Waals surface area contributed by atoms with Crippen LogP contribution in [0.25, 0.3) is 0 Å². The minimum absolute atomic E-state index is 0.145. The number of rotatable bonds is 2. The van der Waals surface area contributed by atoms with Gasteiger partial charge < -0.3 is 15.1 Å². The molecular weight excluding hydrogens is 325 g/mol. The molecule has 25 heavy (non-hydrogen) atoms. The Morgan fingerprint density at radius 3 is 2.52 bits per heavy atom. The Morgan fingerprint density at radius 2 is 1.76 bits per heavy atom. The molecule has 3 rings (SSSR count). The Kier molecular flexibility index (Phi) is 5.17. The summed E-state index contributed by atoms with van der Waals surface area (Å²) < 4.78 is 13.2. The highest BCUT2D eigenvalue weighted by molar-refractivity contribution is 5.94. The fraction of sp³-hybridized carbons (Fsp3) is 0.294. The molecule has 0 aliphatic carbocycles. The quantitative estimate of drug-likeness (QED) is 0.905. The van der Waals surface area contributed by atoms with Gasteiger partial charge in [0, 0.05) is 44.3 Å². The van der Waals surface area contributed by atoms with Crippen LogP contribution in [0.2, 0.25) is 0 Å². The van der Waals surface area contributed by atoms with Gasteiger partial charge in [0.25, 0.3) is 5.91 Å². The van der Waals surface area contributed by atoms with Crippen LogP contribution in [0.5, 0.6) is 0 Å². The number of hydrogen-bond donors (Lipinski definition) is 1. The summed E-state index contributed by atoms with van der Waals surface area (Å²) in [5.74, 6) is -0.552. The Labute approximate surface area is 144 Å². The number of nitrogens with zero attached hydrogens (tertiary/aromatic N) is 4. The van der Waals surface area contributed by atoms with E-state index in [0.29, 0.717) is 43.9 Å². The first-order valence-corrected chi connectivity index (χ1v) is 7.99. The Bertz CT molecular complexity index is 756. The van der Waals surface area contributed by atoms with Crippen LogP contribution in [-0.4, -0.2) is 57.9 Å². The maximum atomic E-state index is 13.2. The van der Waals surface area contributed by atoms with E-state index in [1.165, 1.54) is 36.9 Å². The van der Waals surface area contributed by atoms with Gasteiger partial charge in [0.2, 0.25) is 0 Å².